The molecular formula is C14H10Cl3NO2. The van der Waals surface area contributed by atoms with Crippen LogP contribution in [-0.4, -0.2) is 9.28 Å². The summed E-state index contributed by atoms with van der Waals surface area (Å²) in [6.07, 6.45) is 0. The Morgan fingerprint density at radius 2 is 1.70 bits per heavy atom. The van der Waals surface area contributed by atoms with Gasteiger partial charge in [0.15, 0.2) is 15.4 Å². The Labute approximate surface area is 130 Å². The summed E-state index contributed by atoms with van der Waals surface area (Å²) in [6, 6.07) is 10.8. The number of halogens is 3. The van der Waals surface area contributed by atoms with E-state index < -0.39 is 4.30 Å². The second-order valence-corrected chi connectivity index (χ2v) is 5.95. The van der Waals surface area contributed by atoms with E-state index in [1.807, 2.05) is 25.1 Å². The molecule has 0 radical (unpaired) electrons. The summed E-state index contributed by atoms with van der Waals surface area (Å²) in [5.74, 6) is 0. The van der Waals surface area contributed by atoms with Crippen LogP contribution in [0.25, 0.3) is 22.1 Å². The predicted molar refractivity (Wildman–Crippen MR) is 83.9 cm³/mol. The van der Waals surface area contributed by atoms with Crippen LogP contribution in [0, 0.1) is 6.92 Å². The average molecular weight is 331 g/mol. The molecule has 0 aliphatic heterocycles. The highest BCUT2D eigenvalue weighted by Crippen LogP contribution is 2.16. The van der Waals surface area contributed by atoms with Gasteiger partial charge in [0.25, 0.3) is 0 Å². The molecule has 3 rings (SSSR count). The van der Waals surface area contributed by atoms with Crippen LogP contribution in [0.15, 0.2) is 45.6 Å². The fourth-order valence-electron chi connectivity index (χ4n) is 1.78. The van der Waals surface area contributed by atoms with Crippen molar-refractivity contribution in [3.05, 3.63) is 52.3 Å². The van der Waals surface area contributed by atoms with E-state index in [-0.39, 0.29) is 5.43 Å². The maximum atomic E-state index is 12.1. The highest BCUT2D eigenvalue weighted by Gasteiger charge is 2.07. The number of benzene rings is 1. The van der Waals surface area contributed by atoms with Gasteiger partial charge < -0.3 is 4.42 Å². The summed E-state index contributed by atoms with van der Waals surface area (Å²) in [5, 5.41) is 0.577. The molecular weight excluding hydrogens is 321 g/mol. The largest absolute Gasteiger partial charge is 0.454 e. The Hall–Kier alpha value is -1.29. The molecule has 0 unspecified atom stereocenters. The molecule has 6 heteroatoms. The molecule has 3 nitrogen and oxygen atoms in total. The molecule has 0 atom stereocenters. The number of aryl methyl sites for hydroxylation is 1. The van der Waals surface area contributed by atoms with E-state index in [1.165, 1.54) is 0 Å². The lowest BCUT2D eigenvalue weighted by atomic mass is 10.2. The first-order valence-electron chi connectivity index (χ1n) is 5.70. The van der Waals surface area contributed by atoms with Gasteiger partial charge in [0.2, 0.25) is 5.43 Å². The van der Waals surface area contributed by atoms with Gasteiger partial charge in [-0.1, -0.05) is 46.9 Å². The summed E-state index contributed by atoms with van der Waals surface area (Å²) in [7, 11) is 0. The van der Waals surface area contributed by atoms with Crippen LogP contribution in [0.1, 0.15) is 5.69 Å². The third kappa shape index (κ3) is 3.42. The smallest absolute Gasteiger partial charge is 0.218 e. The molecule has 0 N–H and O–H groups in total. The van der Waals surface area contributed by atoms with Gasteiger partial charge in [-0.2, -0.15) is 0 Å². The van der Waals surface area contributed by atoms with Crippen molar-refractivity contribution < 1.29 is 4.42 Å². The second-order valence-electron chi connectivity index (χ2n) is 3.97. The molecule has 3 aromatic rings. The van der Waals surface area contributed by atoms with E-state index in [1.54, 1.807) is 18.2 Å². The highest BCUT2D eigenvalue weighted by atomic mass is 35.6. The zero-order valence-electron chi connectivity index (χ0n) is 10.4. The van der Waals surface area contributed by atoms with E-state index in [0.717, 1.165) is 5.69 Å². The molecule has 0 bridgehead atoms. The van der Waals surface area contributed by atoms with Crippen LogP contribution in [0.4, 0.5) is 0 Å². The van der Waals surface area contributed by atoms with Crippen molar-refractivity contribution in [2.45, 2.75) is 11.2 Å². The molecule has 0 aliphatic rings. The van der Waals surface area contributed by atoms with E-state index in [2.05, 4.69) is 4.98 Å². The number of aromatic nitrogens is 1. The number of para-hydroxylation sites is 1. The van der Waals surface area contributed by atoms with E-state index in [0.29, 0.717) is 22.1 Å². The van der Waals surface area contributed by atoms with Crippen molar-refractivity contribution in [3.8, 4) is 0 Å². The van der Waals surface area contributed by atoms with E-state index in [9.17, 15) is 4.79 Å². The number of hydrogen-bond donors (Lipinski definition) is 0. The summed E-state index contributed by atoms with van der Waals surface area (Å²) in [5.41, 5.74) is 2.29. The molecule has 0 amide bonds. The standard InChI is InChI=1S/C13H9NO2.CHCl3/c1-8-6-7-11-12(14-8)13(15)9-4-2-3-5-10(9)16-11;2-1(3)4/h2-7H,1H3;1H. The molecule has 0 fully saturated rings. The molecule has 0 spiro atoms. The van der Waals surface area contributed by atoms with Gasteiger partial charge in [-0.25, -0.2) is 4.98 Å². The van der Waals surface area contributed by atoms with Crippen LogP contribution >= 0.6 is 34.8 Å². The van der Waals surface area contributed by atoms with Gasteiger partial charge in [0.1, 0.15) is 5.58 Å². The Balaban J connectivity index is 0.000000328. The summed E-state index contributed by atoms with van der Waals surface area (Å²) < 4.78 is 4.87. The van der Waals surface area contributed by atoms with Crippen molar-refractivity contribution in [1.29, 1.82) is 0 Å². The zero-order chi connectivity index (χ0) is 14.7. The molecule has 0 saturated heterocycles. The van der Waals surface area contributed by atoms with Crippen molar-refractivity contribution in [1.82, 2.24) is 4.98 Å². The molecule has 0 aliphatic carbocycles. The maximum Gasteiger partial charge on any atom is 0.218 e. The van der Waals surface area contributed by atoms with Crippen LogP contribution in [0.3, 0.4) is 0 Å². The molecule has 0 saturated carbocycles. The summed E-state index contributed by atoms with van der Waals surface area (Å²) >= 11 is 14.4. The molecule has 104 valence electrons. The van der Waals surface area contributed by atoms with E-state index >= 15 is 0 Å². The Morgan fingerprint density at radius 3 is 2.40 bits per heavy atom. The number of hydrogen-bond acceptors (Lipinski definition) is 3. The van der Waals surface area contributed by atoms with Gasteiger partial charge in [-0.05, 0) is 31.2 Å². The van der Waals surface area contributed by atoms with Crippen molar-refractivity contribution in [2.75, 3.05) is 0 Å². The van der Waals surface area contributed by atoms with Gasteiger partial charge >= 0.3 is 0 Å². The summed E-state index contributed by atoms with van der Waals surface area (Å²) in [4.78, 5) is 16.3. The fraction of sp³-hybridized carbons (Fsp3) is 0.143. The molecule has 1 aromatic carbocycles. The Bertz CT molecular complexity index is 796. The predicted octanol–water partition coefficient (Wildman–Crippen LogP) is 4.64. The number of pyridine rings is 1. The topological polar surface area (TPSA) is 43.1 Å². The summed E-state index contributed by atoms with van der Waals surface area (Å²) in [6.45, 7) is 1.86. The minimum atomic E-state index is -0.750. The fourth-order valence-corrected chi connectivity index (χ4v) is 1.78. The van der Waals surface area contributed by atoms with Crippen LogP contribution in [-0.2, 0) is 0 Å². The third-order valence-corrected chi connectivity index (χ3v) is 2.56. The maximum absolute atomic E-state index is 12.1. The SMILES string of the molecule is Cc1ccc2oc3ccccc3c(=O)c2n1.ClC(Cl)Cl. The lowest BCUT2D eigenvalue weighted by molar-refractivity contribution is 0.658. The first kappa shape index (κ1) is 15.1. The minimum absolute atomic E-state index is 0.0689. The van der Waals surface area contributed by atoms with Gasteiger partial charge in [0.05, 0.1) is 5.39 Å². The molecule has 2 heterocycles. The van der Waals surface area contributed by atoms with Gasteiger partial charge in [-0.15, -0.1) is 0 Å². The Kier molecular flexibility index (Phi) is 4.86. The monoisotopic (exact) mass is 329 g/mol. The van der Waals surface area contributed by atoms with Crippen LogP contribution < -0.4 is 5.43 Å². The number of rotatable bonds is 0. The zero-order valence-corrected chi connectivity index (χ0v) is 12.7. The first-order valence-corrected chi connectivity index (χ1v) is 7.01. The normalized spacial score (nSPS) is 10.7. The lowest BCUT2D eigenvalue weighted by Crippen LogP contribution is -2.04. The number of alkyl halides is 3. The number of fused-ring (bicyclic) bond motifs is 2. The molecule has 2 aromatic heterocycles. The Morgan fingerprint density at radius 1 is 1.05 bits per heavy atom. The van der Waals surface area contributed by atoms with Gasteiger partial charge in [0, 0.05) is 5.69 Å². The quantitative estimate of drug-likeness (QED) is 0.445. The van der Waals surface area contributed by atoms with Crippen LogP contribution in [0.2, 0.25) is 0 Å². The van der Waals surface area contributed by atoms with E-state index in [4.69, 9.17) is 39.2 Å². The first-order chi connectivity index (χ1) is 9.49. The highest BCUT2D eigenvalue weighted by molar-refractivity contribution is 6.63. The second kappa shape index (κ2) is 6.44. The van der Waals surface area contributed by atoms with Crippen molar-refractivity contribution >= 4 is 56.9 Å². The number of nitrogens with zero attached hydrogens (tertiary/aromatic N) is 1. The average Bonchev–Trinajstić information content (AvgIpc) is 2.39. The lowest BCUT2D eigenvalue weighted by Gasteiger charge is -2.00. The molecule has 20 heavy (non-hydrogen) atoms. The van der Waals surface area contributed by atoms with Crippen molar-refractivity contribution in [3.63, 3.8) is 0 Å². The van der Waals surface area contributed by atoms with Gasteiger partial charge in [-0.3, -0.25) is 4.79 Å². The third-order valence-electron chi connectivity index (χ3n) is 2.56. The van der Waals surface area contributed by atoms with Crippen LogP contribution in [0.5, 0.6) is 0 Å². The van der Waals surface area contributed by atoms with Crippen molar-refractivity contribution in [2.24, 2.45) is 0 Å². The minimum Gasteiger partial charge on any atom is -0.454 e.